The molecule has 298 valence electrons. The summed E-state index contributed by atoms with van der Waals surface area (Å²) >= 11 is 0. The van der Waals surface area contributed by atoms with Gasteiger partial charge >= 0.3 is 0 Å². The molecule has 1 unspecified atom stereocenters. The van der Waals surface area contributed by atoms with Gasteiger partial charge in [-0.2, -0.15) is 0 Å². The van der Waals surface area contributed by atoms with Crippen LogP contribution < -0.4 is 21.7 Å². The zero-order valence-corrected chi connectivity index (χ0v) is 33.5. The molecular weight excluding hydrogens is 677 g/mol. The summed E-state index contributed by atoms with van der Waals surface area (Å²) in [5, 5.41) is 18.4. The van der Waals surface area contributed by atoms with Crippen molar-refractivity contribution in [2.24, 2.45) is 41.2 Å². The number of hydrogen-bond donors (Lipinski definition) is 5. The molecule has 10 heteroatoms. The zero-order chi connectivity index (χ0) is 39.2. The number of nitrogens with two attached hydrogens (primary N) is 1. The highest BCUT2D eigenvalue weighted by Crippen LogP contribution is 2.45. The van der Waals surface area contributed by atoms with Crippen LogP contribution in [0.25, 0.3) is 5.70 Å². The number of Topliss-reactive ketones (excluding diaryl/α,β-unsaturated/α-hetero) is 2. The summed E-state index contributed by atoms with van der Waals surface area (Å²) in [5.74, 6) is 0.181. The first kappa shape index (κ1) is 42.9. The largest absolute Gasteiger partial charge is 0.397 e. The number of benzene rings is 1. The molecule has 1 aromatic rings. The van der Waals surface area contributed by atoms with Crippen LogP contribution >= 0.6 is 0 Å². The maximum absolute atomic E-state index is 13.7. The Balaban J connectivity index is 1.34. The number of allylic oxidation sites excluding steroid dienone is 1. The summed E-state index contributed by atoms with van der Waals surface area (Å²) in [7, 11) is 0. The maximum Gasteiger partial charge on any atom is 0.253 e. The Morgan fingerprint density at radius 1 is 0.907 bits per heavy atom. The van der Waals surface area contributed by atoms with Crippen LogP contribution in [0, 0.1) is 40.9 Å². The Morgan fingerprint density at radius 3 is 2.17 bits per heavy atom. The number of unbranched alkanes of at least 4 members (excludes halogenated alkanes) is 7. The Bertz CT molecular complexity index is 1490. The van der Waals surface area contributed by atoms with E-state index < -0.39 is 5.92 Å². The molecule has 0 radical (unpaired) electrons. The quantitative estimate of drug-likeness (QED) is 0.0404. The fraction of sp³-hybridized carbons (Fsp3) is 0.659. The molecule has 2 saturated carbocycles. The second kappa shape index (κ2) is 21.3. The molecular formula is C44H68N6O4. The Morgan fingerprint density at radius 2 is 1.54 bits per heavy atom. The Labute approximate surface area is 324 Å². The molecule has 1 aliphatic heterocycles. The first-order chi connectivity index (χ1) is 25.9. The number of carbonyl (C=O) groups is 4. The van der Waals surface area contributed by atoms with Crippen LogP contribution in [0.4, 0.5) is 0 Å². The molecule has 54 heavy (non-hydrogen) atoms. The van der Waals surface area contributed by atoms with Crippen LogP contribution in [-0.2, 0) is 14.4 Å². The molecule has 7 atom stereocenters. The molecule has 6 N–H and O–H groups in total. The molecule has 2 aliphatic carbocycles. The number of nitrogens with zero attached hydrogens (tertiary/aromatic N) is 1. The first-order valence-electron chi connectivity index (χ1n) is 20.9. The highest BCUT2D eigenvalue weighted by molar-refractivity contribution is 6.10. The van der Waals surface area contributed by atoms with Gasteiger partial charge < -0.3 is 32.0 Å². The molecule has 0 bridgehead atoms. The summed E-state index contributed by atoms with van der Waals surface area (Å²) in [4.78, 5) is 55.0. The molecule has 0 spiro atoms. The lowest BCUT2D eigenvalue weighted by atomic mass is 9.87. The second-order valence-corrected chi connectivity index (χ2v) is 16.4. The third-order valence-electron chi connectivity index (χ3n) is 11.7. The van der Waals surface area contributed by atoms with Crippen molar-refractivity contribution in [2.45, 2.75) is 117 Å². The number of rotatable bonds is 26. The van der Waals surface area contributed by atoms with Gasteiger partial charge in [0.2, 0.25) is 5.91 Å². The predicted molar refractivity (Wildman–Crippen MR) is 218 cm³/mol. The van der Waals surface area contributed by atoms with Gasteiger partial charge in [0, 0.05) is 80.9 Å². The van der Waals surface area contributed by atoms with Gasteiger partial charge in [-0.15, -0.1) is 0 Å². The minimum absolute atomic E-state index is 0.00332. The molecule has 4 rings (SSSR count). The van der Waals surface area contributed by atoms with Gasteiger partial charge in [0.05, 0.1) is 11.6 Å². The standard InChI is InChI=1S/C44H68N6O4/c1-6-8-10-12-13-15-35(51)23-39(45)37(43(53)48-20-14-11-9-7-2)25-47-26-40(46)32-16-18-33(19-17-32)44(54)50-27-34(24-49-41-22-30(41)4)38(28-50)42(52)31(5)36-21-29(36)3/h16-19,26,29-30,34,36-38,41,45,47,49H,5-15,20-25,27-28,46H2,1-4H3,(H,48,53)/b40-26-,45-39?/t29-,30-,34+,36?,37+,38+,41-/m0/s1. The molecule has 1 aromatic carbocycles. The van der Waals surface area contributed by atoms with Crippen LogP contribution in [0.3, 0.4) is 0 Å². The van der Waals surface area contributed by atoms with Gasteiger partial charge in [0.15, 0.2) is 5.78 Å². The van der Waals surface area contributed by atoms with E-state index in [-0.39, 0.29) is 59.8 Å². The Hall–Kier alpha value is -3.79. The number of nitrogens with one attached hydrogen (secondary N) is 4. The number of likely N-dealkylation sites (tertiary alicyclic amines) is 1. The molecule has 10 nitrogen and oxygen atoms in total. The van der Waals surface area contributed by atoms with Crippen molar-refractivity contribution < 1.29 is 19.2 Å². The number of carbonyl (C=O) groups excluding carboxylic acids is 4. The van der Waals surface area contributed by atoms with Crippen LogP contribution in [0.5, 0.6) is 0 Å². The van der Waals surface area contributed by atoms with E-state index in [4.69, 9.17) is 11.1 Å². The molecule has 3 fully saturated rings. The van der Waals surface area contributed by atoms with Crippen LogP contribution in [0.2, 0.25) is 0 Å². The monoisotopic (exact) mass is 745 g/mol. The van der Waals surface area contributed by atoms with E-state index in [1.54, 1.807) is 30.5 Å². The highest BCUT2D eigenvalue weighted by Gasteiger charge is 2.45. The summed E-state index contributed by atoms with van der Waals surface area (Å²) in [6.07, 6.45) is 13.5. The number of amides is 2. The molecule has 2 amide bonds. The fourth-order valence-electron chi connectivity index (χ4n) is 7.65. The van der Waals surface area contributed by atoms with Gasteiger partial charge in [-0.1, -0.05) is 91.4 Å². The van der Waals surface area contributed by atoms with Gasteiger partial charge in [-0.05, 0) is 66.7 Å². The molecule has 3 aliphatic rings. The summed E-state index contributed by atoms with van der Waals surface area (Å²) in [5.41, 5.74) is 8.92. The number of hydrogen-bond acceptors (Lipinski definition) is 8. The fourth-order valence-corrected chi connectivity index (χ4v) is 7.65. The minimum atomic E-state index is -0.794. The third-order valence-corrected chi connectivity index (χ3v) is 11.7. The van der Waals surface area contributed by atoms with E-state index in [2.05, 4.69) is 50.2 Å². The second-order valence-electron chi connectivity index (χ2n) is 16.4. The van der Waals surface area contributed by atoms with Crippen molar-refractivity contribution in [1.82, 2.24) is 20.9 Å². The van der Waals surface area contributed by atoms with Gasteiger partial charge in [-0.25, -0.2) is 0 Å². The average molecular weight is 745 g/mol. The van der Waals surface area contributed by atoms with Crippen molar-refractivity contribution in [3.8, 4) is 0 Å². The maximum atomic E-state index is 13.7. The lowest BCUT2D eigenvalue weighted by Gasteiger charge is -2.18. The smallest absolute Gasteiger partial charge is 0.253 e. The summed E-state index contributed by atoms with van der Waals surface area (Å²) < 4.78 is 0. The van der Waals surface area contributed by atoms with Crippen molar-refractivity contribution in [3.05, 3.63) is 53.7 Å². The van der Waals surface area contributed by atoms with Crippen molar-refractivity contribution in [2.75, 3.05) is 32.7 Å². The molecule has 1 saturated heterocycles. The van der Waals surface area contributed by atoms with E-state index in [1.807, 2.05) is 4.90 Å². The molecule has 0 aromatic heterocycles. The van der Waals surface area contributed by atoms with E-state index >= 15 is 0 Å². The van der Waals surface area contributed by atoms with Crippen LogP contribution in [-0.4, -0.2) is 72.8 Å². The average Bonchev–Trinajstić information content (AvgIpc) is 4.03. The van der Waals surface area contributed by atoms with Crippen molar-refractivity contribution in [3.63, 3.8) is 0 Å². The van der Waals surface area contributed by atoms with Crippen molar-refractivity contribution in [1.29, 1.82) is 5.41 Å². The number of ketones is 2. The highest BCUT2D eigenvalue weighted by atomic mass is 16.2. The summed E-state index contributed by atoms with van der Waals surface area (Å²) in [6.45, 7) is 15.2. The lowest BCUT2D eigenvalue weighted by Crippen LogP contribution is -2.41. The van der Waals surface area contributed by atoms with Gasteiger partial charge in [0.1, 0.15) is 5.78 Å². The minimum Gasteiger partial charge on any atom is -0.397 e. The Kier molecular flexibility index (Phi) is 17.0. The predicted octanol–water partition coefficient (Wildman–Crippen LogP) is 6.65. The first-order valence-corrected chi connectivity index (χ1v) is 20.9. The SMILES string of the molecule is C=C(C(=O)[C@@H]1CN(C(=O)c2ccc(/C(N)=C/NC[C@H](C(=N)CC(=O)CCCCCCC)C(=O)NCCCCCC)cc2)C[C@H]1CN[C@H]1C[C@@H]1C)C1C[C@@H]1C. The topological polar surface area (TPSA) is 157 Å². The molecule has 1 heterocycles. The third kappa shape index (κ3) is 12.9. The van der Waals surface area contributed by atoms with Crippen LogP contribution in [0.1, 0.15) is 127 Å². The van der Waals surface area contributed by atoms with Gasteiger partial charge in [-0.3, -0.25) is 19.2 Å². The van der Waals surface area contributed by atoms with E-state index in [1.165, 1.54) is 0 Å². The normalized spacial score (nSPS) is 23.8. The van der Waals surface area contributed by atoms with Gasteiger partial charge in [0.25, 0.3) is 5.91 Å². The zero-order valence-electron chi connectivity index (χ0n) is 33.5. The van der Waals surface area contributed by atoms with Crippen molar-refractivity contribution >= 4 is 34.8 Å². The van der Waals surface area contributed by atoms with Crippen LogP contribution in [0.15, 0.2) is 42.6 Å². The van der Waals surface area contributed by atoms with E-state index in [0.29, 0.717) is 67.3 Å². The van der Waals surface area contributed by atoms with E-state index in [0.717, 1.165) is 76.2 Å². The van der Waals surface area contributed by atoms with E-state index in [9.17, 15) is 19.2 Å². The summed E-state index contributed by atoms with van der Waals surface area (Å²) in [6, 6.07) is 7.61. The lowest BCUT2D eigenvalue weighted by molar-refractivity contribution is -0.123.